The quantitative estimate of drug-likeness (QED) is 0.456. The predicted molar refractivity (Wildman–Crippen MR) is 115 cm³/mol. The van der Waals surface area contributed by atoms with Gasteiger partial charge in [-0.1, -0.05) is 48.0 Å². The molecule has 0 radical (unpaired) electrons. The third kappa shape index (κ3) is 2.80. The maximum atomic E-state index is 13.9. The number of rotatable bonds is 5. The van der Waals surface area contributed by atoms with Crippen LogP contribution in [0, 0.1) is 6.92 Å². The summed E-state index contributed by atoms with van der Waals surface area (Å²) in [5.74, 6) is -2.50. The highest BCUT2D eigenvalue weighted by atomic mass is 16.5. The van der Waals surface area contributed by atoms with E-state index in [-0.39, 0.29) is 24.5 Å². The molecule has 1 N–H and O–H groups in total. The van der Waals surface area contributed by atoms with Gasteiger partial charge >= 0.3 is 0 Å². The fourth-order valence-corrected chi connectivity index (χ4v) is 4.52. The summed E-state index contributed by atoms with van der Waals surface area (Å²) < 4.78 is 5.15. The van der Waals surface area contributed by atoms with Crippen molar-refractivity contribution >= 4 is 29.0 Å². The molecule has 7 nitrogen and oxygen atoms in total. The molecular weight excluding hydrogens is 396 g/mol. The fourth-order valence-electron chi connectivity index (χ4n) is 4.52. The number of aryl methyl sites for hydroxylation is 1. The maximum Gasteiger partial charge on any atom is 0.296 e. The van der Waals surface area contributed by atoms with Crippen molar-refractivity contribution in [3.05, 3.63) is 70.8 Å². The Morgan fingerprint density at radius 2 is 1.74 bits per heavy atom. The Morgan fingerprint density at radius 3 is 2.39 bits per heavy atom. The third-order valence-electron chi connectivity index (χ3n) is 5.97. The van der Waals surface area contributed by atoms with E-state index in [1.54, 1.807) is 53.4 Å². The number of ether oxygens (including phenoxy) is 1. The number of methoxy groups -OCH3 is 1. The lowest BCUT2D eigenvalue weighted by Crippen LogP contribution is -2.52. The van der Waals surface area contributed by atoms with Gasteiger partial charge in [-0.15, -0.1) is 0 Å². The summed E-state index contributed by atoms with van der Waals surface area (Å²) in [6.07, 6.45) is 0. The average Bonchev–Trinajstić information content (AvgIpc) is 3.15. The normalized spacial score (nSPS) is 22.0. The number of anilines is 1. The van der Waals surface area contributed by atoms with E-state index in [1.807, 2.05) is 13.8 Å². The number of hydrogen-bond donors (Lipinski definition) is 1. The van der Waals surface area contributed by atoms with Crippen LogP contribution in [-0.4, -0.2) is 54.4 Å². The summed E-state index contributed by atoms with van der Waals surface area (Å²) in [4.78, 5) is 43.0. The zero-order valence-corrected chi connectivity index (χ0v) is 17.7. The molecule has 0 aromatic heterocycles. The van der Waals surface area contributed by atoms with Crippen LogP contribution < -0.4 is 4.90 Å². The molecular formula is C24H24N2O5. The van der Waals surface area contributed by atoms with Gasteiger partial charge in [0.05, 0.1) is 17.9 Å². The van der Waals surface area contributed by atoms with Gasteiger partial charge in [0.15, 0.2) is 5.54 Å². The predicted octanol–water partition coefficient (Wildman–Crippen LogP) is 2.58. The van der Waals surface area contributed by atoms with Gasteiger partial charge < -0.3 is 19.6 Å². The molecule has 1 spiro atoms. The van der Waals surface area contributed by atoms with Crippen molar-refractivity contribution in [1.82, 2.24) is 4.90 Å². The smallest absolute Gasteiger partial charge is 0.296 e. The second kappa shape index (κ2) is 7.67. The standard InChI is InChI=1S/C24H24N2O5/c1-4-25-18-8-6-5-7-17(18)24(23(25)30)19(20(27)16-11-9-15(2)10-12-16)21(28)22(29)26(24)13-14-31-3/h5-12,27H,4,13-14H2,1-3H3. The van der Waals surface area contributed by atoms with E-state index < -0.39 is 23.1 Å². The molecule has 0 aliphatic carbocycles. The van der Waals surface area contributed by atoms with E-state index in [9.17, 15) is 19.5 Å². The molecule has 2 aromatic rings. The molecule has 1 atom stereocenters. The van der Waals surface area contributed by atoms with Crippen LogP contribution in [0.1, 0.15) is 23.6 Å². The highest BCUT2D eigenvalue weighted by Crippen LogP contribution is 2.53. The zero-order chi connectivity index (χ0) is 22.3. The van der Waals surface area contributed by atoms with Crippen LogP contribution in [0.3, 0.4) is 0 Å². The van der Waals surface area contributed by atoms with E-state index in [0.717, 1.165) is 5.56 Å². The Labute approximate surface area is 180 Å². The molecule has 2 aliphatic rings. The van der Waals surface area contributed by atoms with Gasteiger partial charge in [0, 0.05) is 31.3 Å². The van der Waals surface area contributed by atoms with Gasteiger partial charge in [0.25, 0.3) is 17.6 Å². The summed E-state index contributed by atoms with van der Waals surface area (Å²) in [5, 5.41) is 11.2. The summed E-state index contributed by atoms with van der Waals surface area (Å²) >= 11 is 0. The number of aliphatic hydroxyl groups excluding tert-OH is 1. The summed E-state index contributed by atoms with van der Waals surface area (Å²) in [6, 6.07) is 14.0. The topological polar surface area (TPSA) is 87.2 Å². The Balaban J connectivity index is 2.06. The van der Waals surface area contributed by atoms with Crippen molar-refractivity contribution in [2.45, 2.75) is 19.4 Å². The number of likely N-dealkylation sites (tertiary alicyclic amines) is 1. The Bertz CT molecular complexity index is 1110. The second-order valence-electron chi connectivity index (χ2n) is 7.65. The van der Waals surface area contributed by atoms with Crippen LogP contribution in [0.4, 0.5) is 5.69 Å². The summed E-state index contributed by atoms with van der Waals surface area (Å²) in [7, 11) is 1.48. The second-order valence-corrected chi connectivity index (χ2v) is 7.65. The number of hydrogen-bond acceptors (Lipinski definition) is 5. The number of para-hydroxylation sites is 1. The van der Waals surface area contributed by atoms with Crippen LogP contribution in [-0.2, 0) is 24.7 Å². The molecule has 2 amide bonds. The monoisotopic (exact) mass is 420 g/mol. The van der Waals surface area contributed by atoms with E-state index >= 15 is 0 Å². The van der Waals surface area contributed by atoms with E-state index in [0.29, 0.717) is 23.4 Å². The minimum Gasteiger partial charge on any atom is -0.507 e. The number of fused-ring (bicyclic) bond motifs is 2. The largest absolute Gasteiger partial charge is 0.507 e. The molecule has 1 unspecified atom stereocenters. The number of benzene rings is 2. The highest BCUT2D eigenvalue weighted by molar-refractivity contribution is 6.50. The van der Waals surface area contributed by atoms with Crippen molar-refractivity contribution in [2.24, 2.45) is 0 Å². The molecule has 2 aliphatic heterocycles. The van der Waals surface area contributed by atoms with Crippen LogP contribution in [0.5, 0.6) is 0 Å². The lowest BCUT2D eigenvalue weighted by atomic mass is 9.82. The minimum absolute atomic E-state index is 0.0311. The maximum absolute atomic E-state index is 13.9. The van der Waals surface area contributed by atoms with Crippen molar-refractivity contribution < 1.29 is 24.2 Å². The van der Waals surface area contributed by atoms with E-state index in [4.69, 9.17) is 4.74 Å². The number of Topliss-reactive ketones (excluding diaryl/α,β-unsaturated/α-hetero) is 1. The number of likely N-dealkylation sites (N-methyl/N-ethyl adjacent to an activating group) is 1. The number of aliphatic hydroxyl groups is 1. The molecule has 2 heterocycles. The van der Waals surface area contributed by atoms with Crippen molar-refractivity contribution in [3.63, 3.8) is 0 Å². The summed E-state index contributed by atoms with van der Waals surface area (Å²) in [6.45, 7) is 4.26. The van der Waals surface area contributed by atoms with Crippen molar-refractivity contribution in [1.29, 1.82) is 0 Å². The van der Waals surface area contributed by atoms with E-state index in [2.05, 4.69) is 0 Å². The van der Waals surface area contributed by atoms with Crippen molar-refractivity contribution in [3.8, 4) is 0 Å². The lowest BCUT2D eigenvalue weighted by Gasteiger charge is -2.34. The Hall–Kier alpha value is -3.45. The number of ketones is 1. The molecule has 1 fully saturated rings. The van der Waals surface area contributed by atoms with Crippen LogP contribution in [0.25, 0.3) is 5.76 Å². The SMILES string of the molecule is CCN1C(=O)C2(C(=C(O)c3ccc(C)cc3)C(=O)C(=O)N2CCOC)c2ccccc21. The molecule has 4 rings (SSSR count). The molecule has 7 heteroatoms. The van der Waals surface area contributed by atoms with Gasteiger partial charge in [-0.05, 0) is 19.9 Å². The number of nitrogens with zero attached hydrogens (tertiary/aromatic N) is 2. The highest BCUT2D eigenvalue weighted by Gasteiger charge is 2.66. The molecule has 1 saturated heterocycles. The van der Waals surface area contributed by atoms with Crippen LogP contribution in [0.2, 0.25) is 0 Å². The lowest BCUT2D eigenvalue weighted by molar-refractivity contribution is -0.144. The van der Waals surface area contributed by atoms with Gasteiger partial charge in [-0.2, -0.15) is 0 Å². The average molecular weight is 420 g/mol. The molecule has 0 saturated carbocycles. The number of carbonyl (C=O) groups is 3. The fraction of sp³-hybridized carbons (Fsp3) is 0.292. The Kier molecular flexibility index (Phi) is 5.15. The molecule has 0 bridgehead atoms. The van der Waals surface area contributed by atoms with Crippen LogP contribution in [0.15, 0.2) is 54.1 Å². The van der Waals surface area contributed by atoms with Gasteiger partial charge in [-0.3, -0.25) is 14.4 Å². The van der Waals surface area contributed by atoms with Gasteiger partial charge in [0.1, 0.15) is 5.76 Å². The first-order valence-electron chi connectivity index (χ1n) is 10.2. The summed E-state index contributed by atoms with van der Waals surface area (Å²) in [5.41, 5.74) is 0.542. The number of amides is 2. The Morgan fingerprint density at radius 1 is 1.06 bits per heavy atom. The van der Waals surface area contributed by atoms with Gasteiger partial charge in [0.2, 0.25) is 0 Å². The molecule has 160 valence electrons. The first kappa shape index (κ1) is 20.8. The molecule has 2 aromatic carbocycles. The first-order valence-corrected chi connectivity index (χ1v) is 10.2. The third-order valence-corrected chi connectivity index (χ3v) is 5.97. The van der Waals surface area contributed by atoms with Gasteiger partial charge in [-0.25, -0.2) is 0 Å². The van der Waals surface area contributed by atoms with Crippen molar-refractivity contribution in [2.75, 3.05) is 31.7 Å². The minimum atomic E-state index is -1.73. The van der Waals surface area contributed by atoms with Crippen LogP contribution >= 0.6 is 0 Å². The zero-order valence-electron chi connectivity index (χ0n) is 17.7. The van der Waals surface area contributed by atoms with E-state index in [1.165, 1.54) is 12.0 Å². The first-order chi connectivity index (χ1) is 14.9. The molecule has 31 heavy (non-hydrogen) atoms. The number of carbonyl (C=O) groups excluding carboxylic acids is 3.